The summed E-state index contributed by atoms with van der Waals surface area (Å²) in [4.78, 5) is 26.6. The lowest BCUT2D eigenvalue weighted by molar-refractivity contribution is -0.134. The molecule has 0 aliphatic carbocycles. The SMILES string of the molecule is Cc1cc(C(=O)NC(C)(C)CN)cc(C)c1OCC(=O)N1CCCCC1. The first-order valence-corrected chi connectivity index (χ1v) is 9.28. The lowest BCUT2D eigenvalue weighted by Gasteiger charge is -2.27. The first-order chi connectivity index (χ1) is 12.2. The maximum absolute atomic E-state index is 12.4. The molecule has 1 aliphatic rings. The van der Waals surface area contributed by atoms with Gasteiger partial charge in [0.2, 0.25) is 0 Å². The highest BCUT2D eigenvalue weighted by molar-refractivity contribution is 5.95. The Bertz CT molecular complexity index is 641. The van der Waals surface area contributed by atoms with Crippen LogP contribution in [0.5, 0.6) is 5.75 Å². The van der Waals surface area contributed by atoms with E-state index in [2.05, 4.69) is 5.32 Å². The van der Waals surface area contributed by atoms with Gasteiger partial charge in [-0.1, -0.05) is 0 Å². The Morgan fingerprint density at radius 1 is 1.15 bits per heavy atom. The number of nitrogens with one attached hydrogen (secondary N) is 1. The third kappa shape index (κ3) is 5.21. The second kappa shape index (κ2) is 8.54. The van der Waals surface area contributed by atoms with Crippen molar-refractivity contribution in [2.45, 2.75) is 52.5 Å². The van der Waals surface area contributed by atoms with Crippen molar-refractivity contribution in [2.75, 3.05) is 26.2 Å². The molecular weight excluding hydrogens is 330 g/mol. The summed E-state index contributed by atoms with van der Waals surface area (Å²) < 4.78 is 5.80. The molecule has 3 N–H and O–H groups in total. The third-order valence-corrected chi connectivity index (χ3v) is 4.73. The molecule has 1 fully saturated rings. The molecule has 1 saturated heterocycles. The number of ether oxygens (including phenoxy) is 1. The van der Waals surface area contributed by atoms with Crippen LogP contribution < -0.4 is 15.8 Å². The average Bonchev–Trinajstić information content (AvgIpc) is 2.61. The zero-order valence-corrected chi connectivity index (χ0v) is 16.4. The first-order valence-electron chi connectivity index (χ1n) is 9.28. The van der Waals surface area contributed by atoms with Gasteiger partial charge in [-0.25, -0.2) is 0 Å². The summed E-state index contributed by atoms with van der Waals surface area (Å²) in [6.45, 7) is 9.57. The van der Waals surface area contributed by atoms with Crippen molar-refractivity contribution in [3.63, 3.8) is 0 Å². The van der Waals surface area contributed by atoms with Crippen LogP contribution in [0.4, 0.5) is 0 Å². The van der Waals surface area contributed by atoms with E-state index in [9.17, 15) is 9.59 Å². The van der Waals surface area contributed by atoms with E-state index in [0.29, 0.717) is 17.9 Å². The molecule has 0 atom stereocenters. The number of aryl methyl sites for hydroxylation is 2. The molecule has 0 spiro atoms. The molecule has 1 aliphatic heterocycles. The molecule has 1 heterocycles. The molecule has 6 heteroatoms. The quantitative estimate of drug-likeness (QED) is 0.813. The number of hydrogen-bond donors (Lipinski definition) is 2. The largest absolute Gasteiger partial charge is 0.483 e. The van der Waals surface area contributed by atoms with Gasteiger partial charge in [0, 0.05) is 30.7 Å². The number of amides is 2. The van der Waals surface area contributed by atoms with Gasteiger partial charge >= 0.3 is 0 Å². The average molecular weight is 361 g/mol. The van der Waals surface area contributed by atoms with Gasteiger partial charge in [0.1, 0.15) is 5.75 Å². The smallest absolute Gasteiger partial charge is 0.260 e. The van der Waals surface area contributed by atoms with Crippen molar-refractivity contribution in [2.24, 2.45) is 5.73 Å². The number of carbonyl (C=O) groups is 2. The lowest BCUT2D eigenvalue weighted by atomic mass is 10.0. The number of nitrogens with zero attached hydrogens (tertiary/aromatic N) is 1. The van der Waals surface area contributed by atoms with Crippen LogP contribution in [0.25, 0.3) is 0 Å². The van der Waals surface area contributed by atoms with E-state index in [0.717, 1.165) is 37.1 Å². The standard InChI is InChI=1S/C20H31N3O3/c1-14-10-16(19(25)22-20(3,4)13-21)11-15(2)18(14)26-12-17(24)23-8-6-5-7-9-23/h10-11H,5-9,12-13,21H2,1-4H3,(H,22,25). The fourth-order valence-electron chi connectivity index (χ4n) is 3.11. The minimum atomic E-state index is -0.463. The van der Waals surface area contributed by atoms with E-state index in [1.807, 2.05) is 32.6 Å². The fraction of sp³-hybridized carbons (Fsp3) is 0.600. The summed E-state index contributed by atoms with van der Waals surface area (Å²) in [6.07, 6.45) is 3.31. The van der Waals surface area contributed by atoms with E-state index in [-0.39, 0.29) is 18.4 Å². The first kappa shape index (κ1) is 20.2. The van der Waals surface area contributed by atoms with Gasteiger partial charge in [0.25, 0.3) is 11.8 Å². The Morgan fingerprint density at radius 2 is 1.73 bits per heavy atom. The Kier molecular flexibility index (Phi) is 6.64. The van der Waals surface area contributed by atoms with Crippen LogP contribution >= 0.6 is 0 Å². The highest BCUT2D eigenvalue weighted by Crippen LogP contribution is 2.25. The van der Waals surface area contributed by atoms with Gasteiger partial charge in [-0.2, -0.15) is 0 Å². The van der Waals surface area contributed by atoms with Crippen molar-refractivity contribution >= 4 is 11.8 Å². The molecule has 0 saturated carbocycles. The van der Waals surface area contributed by atoms with Crippen molar-refractivity contribution in [3.05, 3.63) is 28.8 Å². The molecule has 2 rings (SSSR count). The molecule has 26 heavy (non-hydrogen) atoms. The highest BCUT2D eigenvalue weighted by atomic mass is 16.5. The van der Waals surface area contributed by atoms with Gasteiger partial charge in [-0.05, 0) is 70.2 Å². The molecule has 1 aromatic carbocycles. The predicted octanol–water partition coefficient (Wildman–Crippen LogP) is 2.16. The normalized spacial score (nSPS) is 14.9. The number of likely N-dealkylation sites (tertiary alicyclic amines) is 1. The van der Waals surface area contributed by atoms with Crippen molar-refractivity contribution < 1.29 is 14.3 Å². The predicted molar refractivity (Wildman–Crippen MR) is 102 cm³/mol. The van der Waals surface area contributed by atoms with Gasteiger partial charge in [0.15, 0.2) is 6.61 Å². The fourth-order valence-corrected chi connectivity index (χ4v) is 3.11. The van der Waals surface area contributed by atoms with Gasteiger partial charge < -0.3 is 20.7 Å². The lowest BCUT2D eigenvalue weighted by Crippen LogP contribution is -2.48. The number of benzene rings is 1. The molecular formula is C20H31N3O3. The minimum absolute atomic E-state index is 0.0232. The number of carbonyl (C=O) groups excluding carboxylic acids is 2. The molecule has 0 unspecified atom stereocenters. The van der Waals surface area contributed by atoms with Gasteiger partial charge in [-0.3, -0.25) is 9.59 Å². The molecule has 2 amide bonds. The van der Waals surface area contributed by atoms with Crippen LogP contribution in [0.15, 0.2) is 12.1 Å². The van der Waals surface area contributed by atoms with Gasteiger partial charge in [-0.15, -0.1) is 0 Å². The number of hydrogen-bond acceptors (Lipinski definition) is 4. The molecule has 0 aromatic heterocycles. The third-order valence-electron chi connectivity index (χ3n) is 4.73. The van der Waals surface area contributed by atoms with E-state index >= 15 is 0 Å². The van der Waals surface area contributed by atoms with Crippen LogP contribution in [0.1, 0.15) is 54.6 Å². The van der Waals surface area contributed by atoms with Gasteiger partial charge in [0.05, 0.1) is 0 Å². The maximum atomic E-state index is 12.4. The van der Waals surface area contributed by atoms with Crippen LogP contribution in [0.2, 0.25) is 0 Å². The Morgan fingerprint density at radius 3 is 2.27 bits per heavy atom. The summed E-state index contributed by atoms with van der Waals surface area (Å²) >= 11 is 0. The molecule has 0 bridgehead atoms. The summed E-state index contributed by atoms with van der Waals surface area (Å²) in [7, 11) is 0. The van der Waals surface area contributed by atoms with E-state index in [4.69, 9.17) is 10.5 Å². The zero-order valence-electron chi connectivity index (χ0n) is 16.4. The minimum Gasteiger partial charge on any atom is -0.483 e. The number of piperidine rings is 1. The molecule has 0 radical (unpaired) electrons. The van der Waals surface area contributed by atoms with Crippen LogP contribution in [0.3, 0.4) is 0 Å². The second-order valence-electron chi connectivity index (χ2n) is 7.71. The Balaban J connectivity index is 2.04. The Labute approximate surface area is 156 Å². The van der Waals surface area contributed by atoms with E-state index in [1.54, 1.807) is 12.1 Å². The monoisotopic (exact) mass is 361 g/mol. The molecule has 1 aromatic rings. The number of nitrogens with two attached hydrogens (primary N) is 1. The van der Waals surface area contributed by atoms with Crippen molar-refractivity contribution in [3.8, 4) is 5.75 Å². The Hall–Kier alpha value is -2.08. The summed E-state index contributed by atoms with van der Waals surface area (Å²) in [5.74, 6) is 0.530. The molecule has 6 nitrogen and oxygen atoms in total. The van der Waals surface area contributed by atoms with E-state index < -0.39 is 5.54 Å². The maximum Gasteiger partial charge on any atom is 0.260 e. The second-order valence-corrected chi connectivity index (χ2v) is 7.71. The van der Waals surface area contributed by atoms with Crippen molar-refractivity contribution in [1.29, 1.82) is 0 Å². The van der Waals surface area contributed by atoms with Crippen LogP contribution in [-0.4, -0.2) is 48.5 Å². The number of rotatable bonds is 6. The topological polar surface area (TPSA) is 84.7 Å². The zero-order chi connectivity index (χ0) is 19.3. The van der Waals surface area contributed by atoms with Crippen LogP contribution in [0, 0.1) is 13.8 Å². The summed E-state index contributed by atoms with van der Waals surface area (Å²) in [5, 5.41) is 2.92. The van der Waals surface area contributed by atoms with E-state index in [1.165, 1.54) is 6.42 Å². The van der Waals surface area contributed by atoms with Crippen molar-refractivity contribution in [1.82, 2.24) is 10.2 Å². The van der Waals surface area contributed by atoms with Crippen LogP contribution in [-0.2, 0) is 4.79 Å². The summed E-state index contributed by atoms with van der Waals surface area (Å²) in [5.41, 5.74) is 7.46. The highest BCUT2D eigenvalue weighted by Gasteiger charge is 2.21. The summed E-state index contributed by atoms with van der Waals surface area (Å²) in [6, 6.07) is 3.57. The molecule has 144 valence electrons.